The summed E-state index contributed by atoms with van der Waals surface area (Å²) < 4.78 is 4.99. The molecule has 94 valence electrons. The van der Waals surface area contributed by atoms with E-state index >= 15 is 0 Å². The van der Waals surface area contributed by atoms with Gasteiger partial charge in [0.2, 0.25) is 11.8 Å². The van der Waals surface area contributed by atoms with Crippen LogP contribution < -0.4 is 15.8 Å². The Kier molecular flexibility index (Phi) is 4.45. The molecule has 0 fully saturated rings. The van der Waals surface area contributed by atoms with Crippen molar-refractivity contribution in [3.63, 3.8) is 0 Å². The number of nitrogens with zero attached hydrogens (tertiary/aromatic N) is 1. The first-order valence-electron chi connectivity index (χ1n) is 5.51. The molecule has 0 aliphatic carbocycles. The number of nitrogens with one attached hydrogen (secondary N) is 1. The highest BCUT2D eigenvalue weighted by Crippen LogP contribution is 2.23. The first kappa shape index (κ1) is 13.4. The van der Waals surface area contributed by atoms with Crippen molar-refractivity contribution in [2.45, 2.75) is 20.3 Å². The molecule has 0 aliphatic heterocycles. The molecule has 5 heteroatoms. The van der Waals surface area contributed by atoms with Gasteiger partial charge in [0.05, 0.1) is 7.11 Å². The lowest BCUT2D eigenvalue weighted by Gasteiger charge is -2.22. The van der Waals surface area contributed by atoms with E-state index in [2.05, 4.69) is 10.3 Å². The maximum absolute atomic E-state index is 12.0. The van der Waals surface area contributed by atoms with Crippen molar-refractivity contribution >= 4 is 11.6 Å². The van der Waals surface area contributed by atoms with E-state index in [1.807, 2.05) is 13.8 Å². The third kappa shape index (κ3) is 3.71. The Morgan fingerprint density at radius 3 is 2.88 bits per heavy atom. The standard InChI is InChI=1S/C12H19N3O2/c1-12(2,5-6-13)11(16)15-9-4-7-14-10(8-9)17-3/h4,7-8H,5-6,13H2,1-3H3,(H,14,15,16). The van der Waals surface area contributed by atoms with Crippen LogP contribution in [0.2, 0.25) is 0 Å². The third-order valence-electron chi connectivity index (χ3n) is 2.59. The molecule has 0 aliphatic rings. The van der Waals surface area contributed by atoms with Gasteiger partial charge >= 0.3 is 0 Å². The summed E-state index contributed by atoms with van der Waals surface area (Å²) in [5.41, 5.74) is 5.67. The maximum atomic E-state index is 12.0. The number of pyridine rings is 1. The number of aromatic nitrogens is 1. The lowest BCUT2D eigenvalue weighted by molar-refractivity contribution is -0.124. The second-order valence-corrected chi connectivity index (χ2v) is 4.46. The van der Waals surface area contributed by atoms with Crippen LogP contribution >= 0.6 is 0 Å². The van der Waals surface area contributed by atoms with Crippen LogP contribution in [0, 0.1) is 5.41 Å². The Labute approximate surface area is 101 Å². The molecule has 0 aromatic carbocycles. The van der Waals surface area contributed by atoms with Crippen molar-refractivity contribution in [3.05, 3.63) is 18.3 Å². The molecule has 1 rings (SSSR count). The maximum Gasteiger partial charge on any atom is 0.230 e. The van der Waals surface area contributed by atoms with Crippen LogP contribution in [0.15, 0.2) is 18.3 Å². The molecule has 1 amide bonds. The fourth-order valence-corrected chi connectivity index (χ4v) is 1.37. The van der Waals surface area contributed by atoms with Crippen LogP contribution in [0.4, 0.5) is 5.69 Å². The molecule has 1 aromatic heterocycles. The van der Waals surface area contributed by atoms with Gasteiger partial charge in [-0.05, 0) is 19.0 Å². The van der Waals surface area contributed by atoms with Crippen LogP contribution in [0.5, 0.6) is 5.88 Å². The molecule has 17 heavy (non-hydrogen) atoms. The van der Waals surface area contributed by atoms with Gasteiger partial charge in [-0.3, -0.25) is 4.79 Å². The first-order chi connectivity index (χ1) is 7.99. The van der Waals surface area contributed by atoms with Crippen molar-refractivity contribution in [3.8, 4) is 5.88 Å². The van der Waals surface area contributed by atoms with Crippen molar-refractivity contribution in [1.29, 1.82) is 0 Å². The lowest BCUT2D eigenvalue weighted by atomic mass is 9.88. The highest BCUT2D eigenvalue weighted by atomic mass is 16.5. The number of carbonyl (C=O) groups is 1. The summed E-state index contributed by atoms with van der Waals surface area (Å²) in [5, 5.41) is 2.83. The normalized spacial score (nSPS) is 11.1. The average Bonchev–Trinajstić information content (AvgIpc) is 2.29. The van der Waals surface area contributed by atoms with Crippen molar-refractivity contribution in [2.24, 2.45) is 11.1 Å². The summed E-state index contributed by atoms with van der Waals surface area (Å²) in [4.78, 5) is 16.0. The largest absolute Gasteiger partial charge is 0.481 e. The van der Waals surface area contributed by atoms with Gasteiger partial charge in [-0.2, -0.15) is 0 Å². The molecular formula is C12H19N3O2. The minimum atomic E-state index is -0.481. The molecule has 0 spiro atoms. The summed E-state index contributed by atoms with van der Waals surface area (Å²) in [6.07, 6.45) is 2.23. The van der Waals surface area contributed by atoms with Gasteiger partial charge in [-0.25, -0.2) is 4.98 Å². The number of methoxy groups -OCH3 is 1. The number of hydrogen-bond acceptors (Lipinski definition) is 4. The van der Waals surface area contributed by atoms with Gasteiger partial charge in [-0.15, -0.1) is 0 Å². The fourth-order valence-electron chi connectivity index (χ4n) is 1.37. The number of hydrogen-bond donors (Lipinski definition) is 2. The van der Waals surface area contributed by atoms with Crippen molar-refractivity contribution < 1.29 is 9.53 Å². The van der Waals surface area contributed by atoms with E-state index in [0.29, 0.717) is 24.5 Å². The fraction of sp³-hybridized carbons (Fsp3) is 0.500. The minimum Gasteiger partial charge on any atom is -0.481 e. The number of amides is 1. The monoisotopic (exact) mass is 237 g/mol. The van der Waals surface area contributed by atoms with Gasteiger partial charge in [-0.1, -0.05) is 13.8 Å². The van der Waals surface area contributed by atoms with Crippen LogP contribution in [-0.4, -0.2) is 24.5 Å². The molecule has 0 saturated heterocycles. The predicted molar refractivity (Wildman–Crippen MR) is 66.9 cm³/mol. The molecule has 0 saturated carbocycles. The summed E-state index contributed by atoms with van der Waals surface area (Å²) in [7, 11) is 1.53. The molecule has 1 heterocycles. The highest BCUT2D eigenvalue weighted by molar-refractivity contribution is 5.94. The number of nitrogens with two attached hydrogens (primary N) is 1. The van der Waals surface area contributed by atoms with E-state index in [0.717, 1.165) is 0 Å². The van der Waals surface area contributed by atoms with Crippen LogP contribution in [-0.2, 0) is 4.79 Å². The lowest BCUT2D eigenvalue weighted by Crippen LogP contribution is -2.32. The zero-order valence-corrected chi connectivity index (χ0v) is 10.5. The number of anilines is 1. The smallest absolute Gasteiger partial charge is 0.230 e. The Bertz CT molecular complexity index is 391. The SMILES string of the molecule is COc1cc(NC(=O)C(C)(C)CCN)ccn1. The quantitative estimate of drug-likeness (QED) is 0.811. The molecule has 1 aromatic rings. The molecule has 3 N–H and O–H groups in total. The Morgan fingerprint density at radius 1 is 1.59 bits per heavy atom. The van der Waals surface area contributed by atoms with E-state index in [9.17, 15) is 4.79 Å². The molecule has 0 radical (unpaired) electrons. The van der Waals surface area contributed by atoms with Gasteiger partial charge in [0.25, 0.3) is 0 Å². The van der Waals surface area contributed by atoms with E-state index in [-0.39, 0.29) is 5.91 Å². The number of ether oxygens (including phenoxy) is 1. The summed E-state index contributed by atoms with van der Waals surface area (Å²) in [6.45, 7) is 4.22. The van der Waals surface area contributed by atoms with Gasteiger partial charge in [0.15, 0.2) is 0 Å². The molecular weight excluding hydrogens is 218 g/mol. The molecule has 0 atom stereocenters. The summed E-state index contributed by atoms with van der Waals surface area (Å²) in [5.74, 6) is 0.413. The number of rotatable bonds is 5. The van der Waals surface area contributed by atoms with Crippen molar-refractivity contribution in [2.75, 3.05) is 19.0 Å². The van der Waals surface area contributed by atoms with Crippen molar-refractivity contribution in [1.82, 2.24) is 4.98 Å². The molecule has 0 bridgehead atoms. The van der Waals surface area contributed by atoms with Gasteiger partial charge in [0, 0.05) is 23.4 Å². The van der Waals surface area contributed by atoms with Crippen LogP contribution in [0.3, 0.4) is 0 Å². The molecule has 5 nitrogen and oxygen atoms in total. The Hall–Kier alpha value is -1.62. The van der Waals surface area contributed by atoms with E-state index in [4.69, 9.17) is 10.5 Å². The number of carbonyl (C=O) groups excluding carboxylic acids is 1. The second kappa shape index (κ2) is 5.63. The zero-order chi connectivity index (χ0) is 12.9. The molecule has 0 unspecified atom stereocenters. The third-order valence-corrected chi connectivity index (χ3v) is 2.59. The van der Waals surface area contributed by atoms with Crippen LogP contribution in [0.1, 0.15) is 20.3 Å². The predicted octanol–water partition coefficient (Wildman–Crippen LogP) is 1.40. The highest BCUT2D eigenvalue weighted by Gasteiger charge is 2.26. The van der Waals surface area contributed by atoms with E-state index in [1.165, 1.54) is 7.11 Å². The summed E-state index contributed by atoms with van der Waals surface area (Å²) in [6, 6.07) is 3.40. The van der Waals surface area contributed by atoms with Gasteiger partial charge in [0.1, 0.15) is 0 Å². The minimum absolute atomic E-state index is 0.0591. The van der Waals surface area contributed by atoms with E-state index < -0.39 is 5.41 Å². The van der Waals surface area contributed by atoms with Gasteiger partial charge < -0.3 is 15.8 Å². The Morgan fingerprint density at radius 2 is 2.29 bits per heavy atom. The zero-order valence-electron chi connectivity index (χ0n) is 10.5. The van der Waals surface area contributed by atoms with Crippen LogP contribution in [0.25, 0.3) is 0 Å². The topological polar surface area (TPSA) is 77.2 Å². The first-order valence-corrected chi connectivity index (χ1v) is 5.51. The second-order valence-electron chi connectivity index (χ2n) is 4.46. The van der Waals surface area contributed by atoms with E-state index in [1.54, 1.807) is 18.3 Å². The summed E-state index contributed by atoms with van der Waals surface area (Å²) >= 11 is 0. The average molecular weight is 237 g/mol. The Balaban J connectivity index is 2.73.